The minimum absolute atomic E-state index is 0.363. The molecule has 132 valence electrons. The summed E-state index contributed by atoms with van der Waals surface area (Å²) < 4.78 is 6.03. The number of hydrogen-bond donors (Lipinski definition) is 2. The molecule has 3 amide bonds. The summed E-state index contributed by atoms with van der Waals surface area (Å²) in [5, 5.41) is 3.83. The monoisotopic (exact) mass is 379 g/mol. The van der Waals surface area contributed by atoms with E-state index in [9.17, 15) is 14.4 Å². The van der Waals surface area contributed by atoms with Crippen LogP contribution < -0.4 is 11.1 Å². The predicted octanol–water partition coefficient (Wildman–Crippen LogP) is 2.48. The first-order valence-electron chi connectivity index (χ1n) is 7.31. The number of carbonyl (C=O) groups excluding carboxylic acids is 3. The van der Waals surface area contributed by atoms with Crippen LogP contribution in [0.2, 0.25) is 0 Å². The van der Waals surface area contributed by atoms with Gasteiger partial charge in [0.1, 0.15) is 4.34 Å². The van der Waals surface area contributed by atoms with E-state index in [0.717, 1.165) is 15.6 Å². The molecule has 0 saturated carbocycles. The topological polar surface area (TPSA) is 111 Å². The number of thioether (sulfide) groups is 1. The number of carbonyl (C=O) groups is 3. The molecule has 0 bridgehead atoms. The van der Waals surface area contributed by atoms with Gasteiger partial charge in [-0.15, -0.1) is 11.3 Å². The second-order valence-corrected chi connectivity index (χ2v) is 7.18. The average Bonchev–Trinajstić information content (AvgIpc) is 2.98. The molecule has 9 heteroatoms. The summed E-state index contributed by atoms with van der Waals surface area (Å²) in [6.07, 6.45) is -1.14. The summed E-state index contributed by atoms with van der Waals surface area (Å²) in [5.41, 5.74) is 6.96. The van der Waals surface area contributed by atoms with Crippen molar-refractivity contribution in [1.29, 1.82) is 0 Å². The summed E-state index contributed by atoms with van der Waals surface area (Å²) in [4.78, 5) is 39.0. The van der Waals surface area contributed by atoms with Crippen molar-refractivity contribution in [3.63, 3.8) is 0 Å². The highest BCUT2D eigenvalue weighted by molar-refractivity contribution is 8.00. The largest absolute Gasteiger partial charge is 0.449 e. The molecule has 1 atom stereocenters. The lowest BCUT2D eigenvalue weighted by atomic mass is 10.1. The number of aryl methyl sites for hydroxylation is 1. The summed E-state index contributed by atoms with van der Waals surface area (Å²) in [5.74, 6) is -0.871. The van der Waals surface area contributed by atoms with Gasteiger partial charge in [0.25, 0.3) is 5.91 Å². The van der Waals surface area contributed by atoms with Crippen LogP contribution in [-0.2, 0) is 15.3 Å². The van der Waals surface area contributed by atoms with Gasteiger partial charge in [-0.2, -0.15) is 0 Å². The maximum Gasteiger partial charge on any atom is 0.339 e. The number of nitrogens with two attached hydrogens (primary N) is 1. The van der Waals surface area contributed by atoms with E-state index in [1.165, 1.54) is 18.7 Å². The third-order valence-electron chi connectivity index (χ3n) is 3.09. The number of nitrogens with one attached hydrogen (secondary N) is 1. The van der Waals surface area contributed by atoms with Crippen LogP contribution >= 0.6 is 23.1 Å². The van der Waals surface area contributed by atoms with Crippen LogP contribution in [0.25, 0.3) is 0 Å². The molecule has 2 rings (SSSR count). The van der Waals surface area contributed by atoms with Gasteiger partial charge < -0.3 is 10.5 Å². The Morgan fingerprint density at radius 2 is 2.08 bits per heavy atom. The van der Waals surface area contributed by atoms with Gasteiger partial charge in [0.2, 0.25) is 0 Å². The van der Waals surface area contributed by atoms with E-state index in [0.29, 0.717) is 11.3 Å². The molecule has 1 aromatic heterocycles. The van der Waals surface area contributed by atoms with Crippen molar-refractivity contribution in [1.82, 2.24) is 10.3 Å². The van der Waals surface area contributed by atoms with Gasteiger partial charge in [0.05, 0.1) is 5.56 Å². The molecule has 0 saturated heterocycles. The lowest BCUT2D eigenvalue weighted by Crippen LogP contribution is -2.42. The summed E-state index contributed by atoms with van der Waals surface area (Å²) in [6.45, 7) is 3.29. The normalized spacial score (nSPS) is 11.6. The lowest BCUT2D eigenvalue weighted by molar-refractivity contribution is -0.127. The first-order valence-corrected chi connectivity index (χ1v) is 9.17. The number of imide groups is 1. The molecule has 0 spiro atoms. The number of amides is 3. The van der Waals surface area contributed by atoms with Crippen LogP contribution in [0, 0.1) is 6.92 Å². The smallest absolute Gasteiger partial charge is 0.339 e. The van der Waals surface area contributed by atoms with E-state index in [-0.39, 0.29) is 0 Å². The number of esters is 1. The number of rotatable bonds is 6. The number of hydrogen-bond acceptors (Lipinski definition) is 7. The minimum Gasteiger partial charge on any atom is -0.449 e. The Bertz CT molecular complexity index is 791. The fourth-order valence-electron chi connectivity index (χ4n) is 1.88. The van der Waals surface area contributed by atoms with Crippen molar-refractivity contribution < 1.29 is 19.1 Å². The molecule has 0 aliphatic carbocycles. The fraction of sp³-hybridized carbons (Fsp3) is 0.250. The van der Waals surface area contributed by atoms with Gasteiger partial charge in [-0.3, -0.25) is 10.1 Å². The van der Waals surface area contributed by atoms with Gasteiger partial charge in [0.15, 0.2) is 6.10 Å². The molecule has 0 radical (unpaired) electrons. The van der Waals surface area contributed by atoms with E-state index in [1.807, 2.05) is 29.8 Å². The number of ether oxygens (including phenoxy) is 1. The SMILES string of the molecule is Cc1csc(SCc2ccccc2C(=O)OC(C)C(=O)NC(N)=O)n1. The van der Waals surface area contributed by atoms with Gasteiger partial charge >= 0.3 is 12.0 Å². The Morgan fingerprint density at radius 3 is 2.72 bits per heavy atom. The van der Waals surface area contributed by atoms with Gasteiger partial charge in [-0.1, -0.05) is 30.0 Å². The number of benzene rings is 1. The van der Waals surface area contributed by atoms with E-state index < -0.39 is 24.0 Å². The van der Waals surface area contributed by atoms with E-state index in [4.69, 9.17) is 10.5 Å². The number of aromatic nitrogens is 1. The fourth-order valence-corrected chi connectivity index (χ4v) is 3.74. The molecule has 0 fully saturated rings. The zero-order valence-electron chi connectivity index (χ0n) is 13.6. The molecule has 0 aliphatic rings. The second-order valence-electron chi connectivity index (χ2n) is 5.10. The van der Waals surface area contributed by atoms with Crippen LogP contribution in [0.5, 0.6) is 0 Å². The second kappa shape index (κ2) is 8.63. The van der Waals surface area contributed by atoms with Crippen molar-refractivity contribution >= 4 is 41.0 Å². The minimum atomic E-state index is -1.14. The molecular weight excluding hydrogens is 362 g/mol. The Kier molecular flexibility index (Phi) is 6.54. The third kappa shape index (κ3) is 5.57. The third-order valence-corrected chi connectivity index (χ3v) is 5.27. The standard InChI is InChI=1S/C16H17N3O4S2/c1-9-7-24-16(18-9)25-8-11-5-3-4-6-12(11)14(21)23-10(2)13(20)19-15(17)22/h3-7,10H,8H2,1-2H3,(H3,17,19,20,22). The number of primary amides is 1. The zero-order valence-corrected chi connectivity index (χ0v) is 15.3. The Morgan fingerprint density at radius 1 is 1.36 bits per heavy atom. The van der Waals surface area contributed by atoms with E-state index in [2.05, 4.69) is 4.98 Å². The first-order chi connectivity index (χ1) is 11.9. The quantitative estimate of drug-likeness (QED) is 0.589. The van der Waals surface area contributed by atoms with Crippen LogP contribution in [0.15, 0.2) is 34.0 Å². The Balaban J connectivity index is 2.04. The van der Waals surface area contributed by atoms with Crippen molar-refractivity contribution in [2.45, 2.75) is 30.0 Å². The molecule has 25 heavy (non-hydrogen) atoms. The van der Waals surface area contributed by atoms with Crippen molar-refractivity contribution in [2.24, 2.45) is 5.73 Å². The molecule has 7 nitrogen and oxygen atoms in total. The van der Waals surface area contributed by atoms with Crippen molar-refractivity contribution in [2.75, 3.05) is 0 Å². The lowest BCUT2D eigenvalue weighted by Gasteiger charge is -2.13. The van der Waals surface area contributed by atoms with E-state index in [1.54, 1.807) is 23.5 Å². The average molecular weight is 379 g/mol. The molecule has 3 N–H and O–H groups in total. The van der Waals surface area contributed by atoms with Crippen molar-refractivity contribution in [3.05, 3.63) is 46.5 Å². The zero-order chi connectivity index (χ0) is 18.4. The Labute approximate surface area is 153 Å². The molecule has 0 aliphatic heterocycles. The summed E-state index contributed by atoms with van der Waals surface area (Å²) in [7, 11) is 0. The maximum absolute atomic E-state index is 12.3. The van der Waals surface area contributed by atoms with Gasteiger partial charge in [0, 0.05) is 16.8 Å². The summed E-state index contributed by atoms with van der Waals surface area (Å²) >= 11 is 3.06. The molecule has 1 heterocycles. The number of urea groups is 1. The first kappa shape index (κ1) is 18.9. The van der Waals surface area contributed by atoms with Gasteiger partial charge in [-0.05, 0) is 25.5 Å². The Hall–Kier alpha value is -2.39. The number of thiazole rings is 1. The molecule has 1 unspecified atom stereocenters. The van der Waals surface area contributed by atoms with Crippen LogP contribution in [-0.4, -0.2) is 29.0 Å². The highest BCUT2D eigenvalue weighted by atomic mass is 32.2. The van der Waals surface area contributed by atoms with Crippen molar-refractivity contribution in [3.8, 4) is 0 Å². The van der Waals surface area contributed by atoms with Crippen LogP contribution in [0.4, 0.5) is 4.79 Å². The summed E-state index contributed by atoms with van der Waals surface area (Å²) in [6, 6.07) is 5.99. The van der Waals surface area contributed by atoms with Gasteiger partial charge in [-0.25, -0.2) is 14.6 Å². The predicted molar refractivity (Wildman–Crippen MR) is 95.5 cm³/mol. The number of nitrogens with zero attached hydrogens (tertiary/aromatic N) is 1. The van der Waals surface area contributed by atoms with E-state index >= 15 is 0 Å². The highest BCUT2D eigenvalue weighted by Crippen LogP contribution is 2.27. The maximum atomic E-state index is 12.3. The van der Waals surface area contributed by atoms with Crippen LogP contribution in [0.3, 0.4) is 0 Å². The highest BCUT2D eigenvalue weighted by Gasteiger charge is 2.21. The molecule has 2 aromatic rings. The van der Waals surface area contributed by atoms with Crippen LogP contribution in [0.1, 0.15) is 28.5 Å². The molecular formula is C16H17N3O4S2. The molecule has 1 aromatic carbocycles.